The SMILES string of the molecule is C.CC(C)(C)C1=CCC=C1.CC(C)(C)C1=CCC=N1.CC(C)(C)C1=CCC=N1.CC(C)(C)C1=CCN=C1.CC(C)(C)c1cccs1.CC(C)(C)c1cccs1.CC(C)(C)c1ccsn1.CC(C)(C)c1ncco1.CC(C)(C)c1nccs1.Cc1cnn(C)c1C(C)(C)C.Cn1cc(C(C)(C)C)cn1.Cn1ccc(C(C)(C)C)n1.Cn1ccnc1C(C)(C)C.Cn1cnc(C(C)(C)C)c1.Cn1nccc1C(C)(C)C. The monoisotopic (exact) mass is 2040 g/mol. The molecule has 0 spiro atoms. The van der Waals surface area contributed by atoms with Crippen molar-refractivity contribution in [3.05, 3.63) is 264 Å². The number of rotatable bonds is 0. The van der Waals surface area contributed by atoms with E-state index in [9.17, 15) is 0 Å². The van der Waals surface area contributed by atoms with Crippen molar-refractivity contribution in [2.45, 2.75) is 405 Å². The van der Waals surface area contributed by atoms with Gasteiger partial charge in [-0.3, -0.25) is 33.7 Å². The highest BCUT2D eigenvalue weighted by Gasteiger charge is 2.26. The average Bonchev–Trinajstić information content (AvgIpc) is 1.80. The third-order valence-electron chi connectivity index (χ3n) is 21.3. The van der Waals surface area contributed by atoms with Gasteiger partial charge in [0, 0.05) is 215 Å². The Morgan fingerprint density at radius 3 is 1.08 bits per heavy atom. The van der Waals surface area contributed by atoms with E-state index in [0.717, 1.165) is 48.9 Å². The summed E-state index contributed by atoms with van der Waals surface area (Å²) in [6, 6.07) is 14.8. The molecule has 3 aliphatic heterocycles. The zero-order chi connectivity index (χ0) is 110. The van der Waals surface area contributed by atoms with E-state index in [1.807, 2.05) is 167 Å². The molecule has 19 nitrogen and oxygen atoms in total. The Morgan fingerprint density at radius 1 is 0.378 bits per heavy atom. The number of aromatic nitrogens is 15. The Morgan fingerprint density at radius 2 is 0.902 bits per heavy atom. The molecule has 0 unspecified atom stereocenters. The summed E-state index contributed by atoms with van der Waals surface area (Å²) in [5.41, 5.74) is 17.4. The molecule has 15 rings (SSSR count). The maximum absolute atomic E-state index is 5.09. The molecule has 0 N–H and O–H groups in total. The zero-order valence-corrected chi connectivity index (χ0v) is 102. The van der Waals surface area contributed by atoms with Crippen LogP contribution in [0.3, 0.4) is 0 Å². The highest BCUT2D eigenvalue weighted by Crippen LogP contribution is 2.35. The Hall–Kier alpha value is -9.16. The van der Waals surface area contributed by atoms with Crippen LogP contribution in [0.15, 0.2) is 217 Å². The number of thiazole rings is 1. The second-order valence-electron chi connectivity index (χ2n) is 51.7. The van der Waals surface area contributed by atoms with Crippen LogP contribution < -0.4 is 0 Å². The van der Waals surface area contributed by atoms with Gasteiger partial charge in [-0.15, -0.1) is 34.0 Å². The van der Waals surface area contributed by atoms with Gasteiger partial charge < -0.3 is 13.6 Å². The van der Waals surface area contributed by atoms with Crippen molar-refractivity contribution in [3.63, 3.8) is 0 Å². The summed E-state index contributed by atoms with van der Waals surface area (Å²) in [4.78, 5) is 32.2. The third-order valence-corrected chi connectivity index (χ3v) is 25.6. The van der Waals surface area contributed by atoms with E-state index >= 15 is 0 Å². The van der Waals surface area contributed by atoms with Crippen LogP contribution in [0.2, 0.25) is 0 Å². The molecule has 1 aliphatic carbocycles. The Bertz CT molecular complexity index is 4910. The molecule has 11 aromatic heterocycles. The Balaban J connectivity index is 0.00000151. The van der Waals surface area contributed by atoms with Crippen molar-refractivity contribution >= 4 is 64.2 Å². The molecule has 0 amide bonds. The van der Waals surface area contributed by atoms with Gasteiger partial charge in [-0.25, -0.2) is 19.9 Å². The minimum absolute atomic E-state index is 0. The quantitative estimate of drug-likeness (QED) is 0.141. The number of aryl methyl sites for hydroxylation is 7. The van der Waals surface area contributed by atoms with Gasteiger partial charge in [0.25, 0.3) is 0 Å². The van der Waals surface area contributed by atoms with Crippen molar-refractivity contribution in [2.75, 3.05) is 6.54 Å². The number of hydrogen-bond acceptors (Lipinski definition) is 17. The smallest absolute Gasteiger partial charge is 0.199 e. The van der Waals surface area contributed by atoms with Crippen molar-refractivity contribution in [2.24, 2.45) is 78.9 Å². The van der Waals surface area contributed by atoms with Crippen molar-refractivity contribution in [1.82, 2.24) is 72.6 Å². The molecule has 0 radical (unpaired) electrons. The molecule has 800 valence electrons. The van der Waals surface area contributed by atoms with Crippen LogP contribution in [-0.2, 0) is 102 Å². The first-order valence-corrected chi connectivity index (χ1v) is 53.6. The van der Waals surface area contributed by atoms with Crippen LogP contribution in [0.1, 0.15) is 404 Å². The van der Waals surface area contributed by atoms with E-state index in [-0.39, 0.29) is 67.0 Å². The van der Waals surface area contributed by atoms with Gasteiger partial charge in [0.05, 0.1) is 53.6 Å². The molecular formula is C120H200N18OS4. The lowest BCUT2D eigenvalue weighted by atomic mass is 9.87. The van der Waals surface area contributed by atoms with Crippen LogP contribution in [-0.4, -0.2) is 97.8 Å². The van der Waals surface area contributed by atoms with Crippen molar-refractivity contribution in [1.29, 1.82) is 0 Å². The van der Waals surface area contributed by atoms with E-state index in [4.69, 9.17) is 4.42 Å². The molecule has 0 bridgehead atoms. The molecule has 11 aromatic rings. The summed E-state index contributed by atoms with van der Waals surface area (Å²) >= 11 is 6.89. The van der Waals surface area contributed by atoms with Crippen molar-refractivity contribution in [3.8, 4) is 0 Å². The van der Waals surface area contributed by atoms with Gasteiger partial charge in [0.1, 0.15) is 12.1 Å². The van der Waals surface area contributed by atoms with Gasteiger partial charge in [-0.05, 0) is 115 Å². The minimum atomic E-state index is 0. The Kier molecular flexibility index (Phi) is 54.1. The normalized spacial score (nSPS) is 13.5. The zero-order valence-electron chi connectivity index (χ0n) is 98.9. The summed E-state index contributed by atoms with van der Waals surface area (Å²) in [6.45, 7) is 101. The second kappa shape index (κ2) is 57.8. The summed E-state index contributed by atoms with van der Waals surface area (Å²) in [7, 11) is 11.9. The first kappa shape index (κ1) is 134. The molecule has 0 fully saturated rings. The number of imidazole rings is 2. The first-order chi connectivity index (χ1) is 64.4. The fraction of sp³-hybridized carbons (Fsp3) is 0.600. The van der Waals surface area contributed by atoms with Crippen LogP contribution in [0.4, 0.5) is 0 Å². The van der Waals surface area contributed by atoms with Gasteiger partial charge in [0.2, 0.25) is 0 Å². The minimum Gasteiger partial charge on any atom is -0.448 e. The predicted octanol–water partition coefficient (Wildman–Crippen LogP) is 33.9. The van der Waals surface area contributed by atoms with Gasteiger partial charge >= 0.3 is 0 Å². The molecule has 0 saturated heterocycles. The van der Waals surface area contributed by atoms with Gasteiger partial charge in [-0.1, -0.05) is 368 Å². The summed E-state index contributed by atoms with van der Waals surface area (Å²) in [5, 5.41) is 26.2. The van der Waals surface area contributed by atoms with E-state index < -0.39 is 0 Å². The van der Waals surface area contributed by atoms with Crippen molar-refractivity contribution < 1.29 is 4.42 Å². The lowest BCUT2D eigenvalue weighted by Crippen LogP contribution is -2.17. The van der Waals surface area contributed by atoms with Crippen LogP contribution >= 0.6 is 45.5 Å². The number of hydrogen-bond donors (Lipinski definition) is 0. The first-order valence-electron chi connectivity index (χ1n) is 50.2. The number of thiophene rings is 2. The van der Waals surface area contributed by atoms with E-state index in [1.54, 1.807) is 23.8 Å². The van der Waals surface area contributed by atoms with Gasteiger partial charge in [0.15, 0.2) is 5.89 Å². The molecule has 0 saturated carbocycles. The van der Waals surface area contributed by atoms with E-state index in [0.29, 0.717) is 21.7 Å². The molecular weight excluding hydrogens is 1840 g/mol. The van der Waals surface area contributed by atoms with Crippen LogP contribution in [0.5, 0.6) is 0 Å². The molecule has 4 aliphatic rings. The van der Waals surface area contributed by atoms with E-state index in [1.165, 1.54) is 77.0 Å². The number of nitrogens with zero attached hydrogens (tertiary/aromatic N) is 18. The Labute approximate surface area is 888 Å². The predicted molar refractivity (Wildman–Crippen MR) is 629 cm³/mol. The molecule has 14 heterocycles. The standard InChI is InChI=1S/C9H16N2.C9H14.5C8H14N2.3C8H13N.2C8H12S.C7H11NO.2C7H11NS.CH4/c1-7-6-10-11(5)8(7)9(2,3)4;1-9(2,3)8-6-4-5-7-8;1-8(2,3)7-5-10(4)6-9-7;1-8(2,3)7-5-9-10(4)6-7;1-8(2,3)7-9-5-6-10(7)4;1-8(2,3)7-5-6-10(4)9-7;1-8(2,3)7-5-6-9-10(7)4;1-8(2,3)7-4-5-9-6-7;4*1-8(2,3)7-5-4-6-9-7;2*1-7(2,3)6-8-4-5-9-6;1-7(2,3)6-4-5-9-8-6;/h6H,1-5H3;4,6-7H,5H2,1-3H3;5*5-6H,1-4H3;4,6H,5H2,1-3H3;2*5-6H,4H2,1-3H3;2*4-6H,1-3H3;3*4-5H,1-3H3;1H4. The van der Waals surface area contributed by atoms with E-state index in [2.05, 4.69) is 485 Å². The molecule has 23 heteroatoms. The van der Waals surface area contributed by atoms with Crippen LogP contribution in [0, 0.1) is 28.6 Å². The highest BCUT2D eigenvalue weighted by molar-refractivity contribution is 7.10. The van der Waals surface area contributed by atoms with Crippen LogP contribution in [0.25, 0.3) is 0 Å². The summed E-state index contributed by atoms with van der Waals surface area (Å²) < 4.78 is 20.9. The number of allylic oxidation sites excluding steroid dienone is 9. The maximum atomic E-state index is 5.09. The summed E-state index contributed by atoms with van der Waals surface area (Å²) in [6.07, 6.45) is 44.8. The maximum Gasteiger partial charge on any atom is 0.199 e. The number of oxazole rings is 1. The lowest BCUT2D eigenvalue weighted by Gasteiger charge is -2.19. The second-order valence-corrected chi connectivity index (χ2v) is 55.1. The largest absolute Gasteiger partial charge is 0.448 e. The highest BCUT2D eigenvalue weighted by atomic mass is 32.1. The summed E-state index contributed by atoms with van der Waals surface area (Å²) in [5.74, 6) is 1.93. The molecule has 143 heavy (non-hydrogen) atoms. The molecule has 0 atom stereocenters. The topological polar surface area (TPSA) is 196 Å². The third kappa shape index (κ3) is 54.7. The average molecular weight is 2040 g/mol. The fourth-order valence-corrected chi connectivity index (χ4v) is 16.1. The lowest BCUT2D eigenvalue weighted by molar-refractivity contribution is 0.392. The fourth-order valence-electron chi connectivity index (χ4n) is 13.0. The van der Waals surface area contributed by atoms with Gasteiger partial charge in [-0.2, -0.15) is 24.8 Å². The number of aliphatic imine (C=N–C) groups is 3. The molecule has 0 aromatic carbocycles.